The number of aliphatic hydroxyl groups excluding tert-OH is 12. The van der Waals surface area contributed by atoms with Crippen LogP contribution < -0.4 is 53.4 Å². The van der Waals surface area contributed by atoms with Crippen LogP contribution >= 0.6 is 0 Å². The van der Waals surface area contributed by atoms with Crippen molar-refractivity contribution >= 4 is 47.4 Å². The van der Waals surface area contributed by atoms with Crippen molar-refractivity contribution in [3.05, 3.63) is 29.8 Å². The van der Waals surface area contributed by atoms with Crippen molar-refractivity contribution in [1.29, 1.82) is 0 Å². The molecule has 556 valence electrons. The lowest BCUT2D eigenvalue weighted by molar-refractivity contribution is -0.437. The van der Waals surface area contributed by atoms with E-state index < -0.39 is 233 Å². The number of benzene rings is 1. The molecule has 6 amide bonds. The van der Waals surface area contributed by atoms with E-state index >= 15 is 9.59 Å². The fourth-order valence-electron chi connectivity index (χ4n) is 16.7. The zero-order valence-electron chi connectivity index (χ0n) is 54.7. The molecule has 10 fully saturated rings. The molecule has 1 spiro atoms. The molecule has 1 aromatic carbocycles. The largest absolute Gasteiger partial charge is 0.462 e. The molecular weight excluding hydrogens is 1320 g/mol. The predicted octanol–water partition coefficient (Wildman–Crippen LogP) is -10.2. The minimum absolute atomic E-state index is 0.00864. The van der Waals surface area contributed by atoms with Crippen LogP contribution in [0.5, 0.6) is 5.75 Å². The van der Waals surface area contributed by atoms with E-state index in [9.17, 15) is 80.5 Å². The molecular formula is C63H94N12O25. The van der Waals surface area contributed by atoms with Gasteiger partial charge in [0.2, 0.25) is 41.7 Å². The maximum atomic E-state index is 15.2. The van der Waals surface area contributed by atoms with E-state index in [-0.39, 0.29) is 54.6 Å². The molecule has 37 heteroatoms. The van der Waals surface area contributed by atoms with Gasteiger partial charge >= 0.3 is 0 Å². The second-order valence-electron chi connectivity index (χ2n) is 28.4. The first-order valence-electron chi connectivity index (χ1n) is 34.4. The van der Waals surface area contributed by atoms with Gasteiger partial charge in [0.15, 0.2) is 30.2 Å². The average molecular weight is 1420 g/mol. The summed E-state index contributed by atoms with van der Waals surface area (Å²) in [6.45, 7) is -4.45. The van der Waals surface area contributed by atoms with Gasteiger partial charge in [-0.15, -0.1) is 0 Å². The fourth-order valence-corrected chi connectivity index (χ4v) is 16.7. The van der Waals surface area contributed by atoms with Crippen molar-refractivity contribution < 1.29 is 123 Å². The van der Waals surface area contributed by atoms with E-state index in [1.165, 1.54) is 30.7 Å². The smallest absolute Gasteiger partial charge is 0.246 e. The van der Waals surface area contributed by atoms with E-state index in [1.54, 1.807) is 0 Å². The summed E-state index contributed by atoms with van der Waals surface area (Å²) in [5, 5.41) is 152. The van der Waals surface area contributed by atoms with Gasteiger partial charge in [-0.1, -0.05) is 44.2 Å². The zero-order valence-corrected chi connectivity index (χ0v) is 54.7. The summed E-state index contributed by atoms with van der Waals surface area (Å²) in [5.74, 6) is -7.10. The Morgan fingerprint density at radius 2 is 1.25 bits per heavy atom. The molecule has 24 atom stereocenters. The van der Waals surface area contributed by atoms with Gasteiger partial charge < -0.3 is 148 Å². The molecule has 23 N–H and O–H groups in total. The van der Waals surface area contributed by atoms with Crippen LogP contribution in [0, 0.1) is 29.6 Å². The minimum atomic E-state index is -2.32. The summed E-state index contributed by atoms with van der Waals surface area (Å²) >= 11 is 0. The number of carbonyl (C=O) groups is 6. The number of nitrogens with two attached hydrogens (primary N) is 2. The molecule has 100 heavy (non-hydrogen) atoms. The molecule has 12 aliphatic rings. The zero-order chi connectivity index (χ0) is 71.2. The van der Waals surface area contributed by atoms with Gasteiger partial charge in [-0.3, -0.25) is 38.8 Å². The van der Waals surface area contributed by atoms with Crippen LogP contribution in [-0.4, -0.2) is 312 Å². The Bertz CT molecular complexity index is 3120. The molecule has 0 aromatic heterocycles. The highest BCUT2D eigenvalue weighted by Gasteiger charge is 2.65. The van der Waals surface area contributed by atoms with E-state index in [1.807, 2.05) is 0 Å². The first-order chi connectivity index (χ1) is 47.9. The van der Waals surface area contributed by atoms with Gasteiger partial charge in [-0.25, -0.2) is 0 Å². The Balaban J connectivity index is 0.778. The summed E-state index contributed by atoms with van der Waals surface area (Å²) < 4.78 is 43.0. The summed E-state index contributed by atoms with van der Waals surface area (Å²) in [5.41, 5.74) is 12.5. The molecule has 7 heterocycles. The van der Waals surface area contributed by atoms with Crippen LogP contribution in [0.3, 0.4) is 0 Å². The fraction of sp³-hybridized carbons (Fsp3) is 0.778. The second kappa shape index (κ2) is 30.9. The number of fused-ring (bicyclic) bond motifs is 1. The molecule has 5 aliphatic carbocycles. The number of aliphatic imine (C=N–C) groups is 2. The van der Waals surface area contributed by atoms with E-state index in [0.717, 1.165) is 49.8 Å². The molecule has 5 saturated heterocycles. The third-order valence-corrected chi connectivity index (χ3v) is 21.9. The van der Waals surface area contributed by atoms with Gasteiger partial charge in [0, 0.05) is 18.3 Å². The van der Waals surface area contributed by atoms with Crippen molar-refractivity contribution in [3.8, 4) is 5.75 Å². The Morgan fingerprint density at radius 3 is 1.91 bits per heavy atom. The number of carbonyl (C=O) groups excluding carboxylic acids is 6. The maximum Gasteiger partial charge on any atom is 0.246 e. The topological polar surface area (TPSA) is 574 Å². The molecule has 0 radical (unpaired) electrons. The van der Waals surface area contributed by atoms with Crippen molar-refractivity contribution in [1.82, 2.24) is 42.1 Å². The van der Waals surface area contributed by atoms with E-state index in [0.29, 0.717) is 24.7 Å². The van der Waals surface area contributed by atoms with E-state index in [4.69, 9.17) is 44.6 Å². The summed E-state index contributed by atoms with van der Waals surface area (Å²) in [4.78, 5) is 96.3. The lowest BCUT2D eigenvalue weighted by Gasteiger charge is -2.63. The molecule has 1 aromatic rings. The molecule has 2 unspecified atom stereocenters. The summed E-state index contributed by atoms with van der Waals surface area (Å²) in [6, 6.07) is -6.74. The molecule has 13 rings (SSSR count). The lowest BCUT2D eigenvalue weighted by Crippen LogP contribution is -2.71. The van der Waals surface area contributed by atoms with Crippen LogP contribution in [0.15, 0.2) is 34.3 Å². The number of guanidine groups is 2. The van der Waals surface area contributed by atoms with E-state index in [2.05, 4.69) is 47.2 Å². The molecule has 7 aliphatic heterocycles. The normalized spacial score (nSPS) is 42.9. The monoisotopic (exact) mass is 1420 g/mol. The predicted molar refractivity (Wildman–Crippen MR) is 337 cm³/mol. The second-order valence-corrected chi connectivity index (χ2v) is 28.4. The third kappa shape index (κ3) is 15.1. The molecule has 4 bridgehead atoms. The highest BCUT2D eigenvalue weighted by atomic mass is 16.8. The highest BCUT2D eigenvalue weighted by molar-refractivity contribution is 5.98. The van der Waals surface area contributed by atoms with Crippen molar-refractivity contribution in [2.75, 3.05) is 46.1 Å². The van der Waals surface area contributed by atoms with Crippen LogP contribution in [0.25, 0.3) is 0 Å². The van der Waals surface area contributed by atoms with Gasteiger partial charge in [-0.05, 0) is 74.0 Å². The first kappa shape index (κ1) is 73.4. The number of aliphatic hydroxyl groups is 12. The quantitative estimate of drug-likeness (QED) is 0.0731. The maximum absolute atomic E-state index is 15.2. The summed E-state index contributed by atoms with van der Waals surface area (Å²) in [6.07, 6.45) is -20.0. The van der Waals surface area contributed by atoms with Gasteiger partial charge in [0.1, 0.15) is 121 Å². The highest BCUT2D eigenvalue weighted by Crippen LogP contribution is 2.61. The standard InChI is InChI=1S/C63H94N12O25/c64-61-67-17-33(72-61)42(80)40-57(93)74-41(43(81)35-18-68-62(65)75(35)58-48(86)45(83)44(82)36(21-77)96-58)56(92)71-34(20-76)53(89)66-19-39(79)69-31(15-24-4-2-1-3-5-24)54(90)70-32(55(91)73-40)16-25-6-8-30(9-7-25)95-59-49(87)46(84)51(37(22-78)97-59)99-60-50(88)47(85)52-38(98-60)23-94-63(100-52)28-11-26-10-27(13-28)14-29(63)12-26/h6-9,24,26-29,31-38,40-52,58-60,76-78,80-88H,1-5,10-23H2,(H2,65,68)(H,66,89)(H,69,79)(H,70,90)(H,71,92)(H,73,91)(H,74,93)(H3,64,67,72)/t26?,27?,28?,29?,31-,32+,33-,34-,35-,36+,37+,38+,40-,41+,42?,43?,44+,45-,46+,47+,48-,49-,50-,51+,52+,58-,59-,60+,63?/m0/s1. The number of nitrogens with zero attached hydrogens (tertiary/aromatic N) is 3. The number of nitrogens with one attached hydrogen (secondary N) is 7. The van der Waals surface area contributed by atoms with Gasteiger partial charge in [-0.2, -0.15) is 0 Å². The van der Waals surface area contributed by atoms with Crippen LogP contribution in [0.4, 0.5) is 0 Å². The minimum Gasteiger partial charge on any atom is -0.462 e. The molecule has 37 nitrogen and oxygen atoms in total. The van der Waals surface area contributed by atoms with Gasteiger partial charge in [0.05, 0.1) is 58.1 Å². The summed E-state index contributed by atoms with van der Waals surface area (Å²) in [7, 11) is 0. The van der Waals surface area contributed by atoms with Gasteiger partial charge in [0.25, 0.3) is 0 Å². The number of hydrogen-bond acceptors (Lipinski definition) is 31. The SMILES string of the molecule is NC1=NC[C@@H](C(O)[C@@H]2NC(=O)[C@@H](Cc3ccc(O[C@H]4O[C@H](CO)[C@@H](O[C@H]5O[C@@H]6COC7(O[C@H]6[C@H](O)[C@@H]5O)C5CC6CC(C5)CC7C6)[C@H](O)[C@@H]4O)cc3)NC(=O)[C@H](CC3CCCCC3)NC(=O)CNC(=O)[C@H](CO)NC(=O)[C@@H](C(O)[C@@H]3CN=C(N)N3[C@H]3O[C@H](CO)[C@@H](O)[C@H](O)[C@@H]3O)NC2=O)N1. The van der Waals surface area contributed by atoms with Crippen LogP contribution in [0.1, 0.15) is 76.2 Å². The first-order valence-corrected chi connectivity index (χ1v) is 34.4. The van der Waals surface area contributed by atoms with Crippen molar-refractivity contribution in [2.24, 2.45) is 51.0 Å². The van der Waals surface area contributed by atoms with Crippen LogP contribution in [0.2, 0.25) is 0 Å². The van der Waals surface area contributed by atoms with Crippen LogP contribution in [-0.2, 0) is 63.6 Å². The number of ether oxygens (including phenoxy) is 7. The Morgan fingerprint density at radius 1 is 0.610 bits per heavy atom. The Labute approximate surface area is 573 Å². The van der Waals surface area contributed by atoms with Crippen molar-refractivity contribution in [3.63, 3.8) is 0 Å². The number of rotatable bonds is 16. The molecule has 5 saturated carbocycles. The Kier molecular flexibility index (Phi) is 22.7. The lowest BCUT2D eigenvalue weighted by atomic mass is 9.53. The average Bonchev–Trinajstić information content (AvgIpc) is 0.807. The Hall–Kier alpha value is -6.34. The number of hydrogen-bond donors (Lipinski definition) is 21. The third-order valence-electron chi connectivity index (χ3n) is 21.9. The van der Waals surface area contributed by atoms with Crippen molar-refractivity contribution in [2.45, 2.75) is 229 Å². The number of amides is 6.